The topological polar surface area (TPSA) is 36.9 Å². The predicted molar refractivity (Wildman–Crippen MR) is 84.9 cm³/mol. The van der Waals surface area contributed by atoms with E-state index in [9.17, 15) is 0 Å². The Morgan fingerprint density at radius 1 is 0.588 bits per heavy atom. The Kier molecular flexibility index (Phi) is 30.4. The summed E-state index contributed by atoms with van der Waals surface area (Å²) in [6.07, 6.45) is 0. The smallest absolute Gasteiger partial charge is 0.398 e. The third-order valence-electron chi connectivity index (χ3n) is 1.66. The molecule has 0 bridgehead atoms. The Hall–Kier alpha value is 0.274. The lowest BCUT2D eigenvalue weighted by Crippen LogP contribution is -2.50. The number of hydrogen-bond donors (Lipinski definition) is 0. The molecule has 0 heterocycles. The normalized spacial score (nSPS) is 9.53. The third kappa shape index (κ3) is 14.2. The van der Waals surface area contributed by atoms with E-state index in [-0.39, 0.29) is 37.1 Å². The zero-order valence-electron chi connectivity index (χ0n) is 8.63. The molecule has 0 aromatic heterocycles. The minimum Gasteiger partial charge on any atom is -0.398 e. The van der Waals surface area contributed by atoms with Gasteiger partial charge in [-0.3, -0.25) is 0 Å². The second kappa shape index (κ2) is 14.3. The highest BCUT2D eigenvalue weighted by Crippen LogP contribution is 2.15. The fourth-order valence-corrected chi connectivity index (χ4v) is 5.39. The summed E-state index contributed by atoms with van der Waals surface area (Å²) in [6, 6.07) is 0. The maximum Gasteiger partial charge on any atom is 0.488 e. The Labute approximate surface area is 113 Å². The van der Waals surface area contributed by atoms with Crippen LogP contribution < -0.4 is 0 Å². The van der Waals surface area contributed by atoms with E-state index in [0.29, 0.717) is 0 Å². The standard InChI is InChI=1S/C6H18O4Si2.5CH4/c1-7-11(4,5)10-12(6,8-2)9-3;;;;;/h1-6H3;5*1H4. The van der Waals surface area contributed by atoms with Gasteiger partial charge in [0.25, 0.3) is 0 Å². The molecule has 0 atom stereocenters. The molecule has 0 unspecified atom stereocenters. The summed E-state index contributed by atoms with van der Waals surface area (Å²) < 4.78 is 21.3. The lowest BCUT2D eigenvalue weighted by Gasteiger charge is -2.30. The van der Waals surface area contributed by atoms with E-state index in [2.05, 4.69) is 0 Å². The summed E-state index contributed by atoms with van der Waals surface area (Å²) in [6.45, 7) is 5.76. The summed E-state index contributed by atoms with van der Waals surface area (Å²) in [5, 5.41) is 0. The second-order valence-corrected chi connectivity index (χ2v) is 9.54. The molecule has 0 rings (SSSR count). The van der Waals surface area contributed by atoms with Gasteiger partial charge >= 0.3 is 17.4 Å². The number of hydrogen-bond acceptors (Lipinski definition) is 4. The molecule has 0 amide bonds. The molecule has 0 N–H and O–H groups in total. The van der Waals surface area contributed by atoms with Crippen molar-refractivity contribution in [3.05, 3.63) is 0 Å². The van der Waals surface area contributed by atoms with Gasteiger partial charge in [-0.1, -0.05) is 37.1 Å². The Morgan fingerprint density at radius 3 is 1.06 bits per heavy atom. The predicted octanol–water partition coefficient (Wildman–Crippen LogP) is 4.39. The highest BCUT2D eigenvalue weighted by atomic mass is 28.5. The monoisotopic (exact) mass is 290 g/mol. The highest BCUT2D eigenvalue weighted by molar-refractivity contribution is 6.76. The quantitative estimate of drug-likeness (QED) is 0.704. The van der Waals surface area contributed by atoms with E-state index < -0.39 is 17.4 Å². The second-order valence-electron chi connectivity index (χ2n) is 2.98. The third-order valence-corrected chi connectivity index (χ3v) is 7.58. The van der Waals surface area contributed by atoms with Crippen LogP contribution >= 0.6 is 0 Å². The first kappa shape index (κ1) is 36.0. The van der Waals surface area contributed by atoms with Crippen LogP contribution in [0, 0.1) is 0 Å². The lowest BCUT2D eigenvalue weighted by molar-refractivity contribution is 0.145. The maximum absolute atomic E-state index is 5.68. The van der Waals surface area contributed by atoms with Crippen LogP contribution in [-0.4, -0.2) is 38.7 Å². The molecular weight excluding hydrogens is 252 g/mol. The summed E-state index contributed by atoms with van der Waals surface area (Å²) in [5.74, 6) is 0. The van der Waals surface area contributed by atoms with E-state index in [4.69, 9.17) is 17.4 Å². The molecule has 0 fully saturated rings. The van der Waals surface area contributed by atoms with E-state index in [1.165, 1.54) is 0 Å². The molecule has 0 spiro atoms. The van der Waals surface area contributed by atoms with Crippen LogP contribution in [0.25, 0.3) is 0 Å². The SMILES string of the molecule is C.C.C.C.C.CO[Si](C)(C)O[Si](C)(OC)OC. The summed E-state index contributed by atoms with van der Waals surface area (Å²) in [4.78, 5) is 0. The Bertz CT molecular complexity index is 139. The molecule has 4 nitrogen and oxygen atoms in total. The molecule has 0 aromatic carbocycles. The molecule has 0 aliphatic heterocycles. The highest BCUT2D eigenvalue weighted by Gasteiger charge is 2.40. The lowest BCUT2D eigenvalue weighted by atomic mass is 11.8. The largest absolute Gasteiger partial charge is 0.488 e. The summed E-state index contributed by atoms with van der Waals surface area (Å²) in [7, 11) is 0.372. The van der Waals surface area contributed by atoms with Crippen LogP contribution in [0.4, 0.5) is 0 Å². The van der Waals surface area contributed by atoms with Gasteiger partial charge in [-0.05, 0) is 13.1 Å². The molecule has 0 saturated heterocycles. The molecule has 0 radical (unpaired) electrons. The average molecular weight is 291 g/mol. The van der Waals surface area contributed by atoms with Gasteiger partial charge in [-0.2, -0.15) is 0 Å². The van der Waals surface area contributed by atoms with Crippen molar-refractivity contribution in [2.24, 2.45) is 0 Å². The van der Waals surface area contributed by atoms with Crippen molar-refractivity contribution in [1.82, 2.24) is 0 Å². The summed E-state index contributed by atoms with van der Waals surface area (Å²) >= 11 is 0. The molecule has 0 aromatic rings. The van der Waals surface area contributed by atoms with E-state index in [1.807, 2.05) is 19.6 Å². The first-order chi connectivity index (χ1) is 5.39. The van der Waals surface area contributed by atoms with Gasteiger partial charge in [0.2, 0.25) is 0 Å². The van der Waals surface area contributed by atoms with Gasteiger partial charge in [-0.25, -0.2) is 0 Å². The Morgan fingerprint density at radius 2 is 0.882 bits per heavy atom. The van der Waals surface area contributed by atoms with Crippen LogP contribution in [0.2, 0.25) is 19.6 Å². The van der Waals surface area contributed by atoms with Crippen molar-refractivity contribution in [3.63, 3.8) is 0 Å². The van der Waals surface area contributed by atoms with Crippen molar-refractivity contribution in [2.75, 3.05) is 21.3 Å². The van der Waals surface area contributed by atoms with Gasteiger partial charge in [0.1, 0.15) is 0 Å². The van der Waals surface area contributed by atoms with Gasteiger partial charge in [0, 0.05) is 27.9 Å². The van der Waals surface area contributed by atoms with Gasteiger partial charge in [0.05, 0.1) is 0 Å². The van der Waals surface area contributed by atoms with Crippen LogP contribution in [-0.2, 0) is 17.4 Å². The molecular formula is C11H38O4Si2. The summed E-state index contributed by atoms with van der Waals surface area (Å²) in [5.41, 5.74) is 0. The van der Waals surface area contributed by atoms with Gasteiger partial charge < -0.3 is 17.4 Å². The van der Waals surface area contributed by atoms with Gasteiger partial charge in [-0.15, -0.1) is 0 Å². The minimum absolute atomic E-state index is 0. The van der Waals surface area contributed by atoms with Crippen molar-refractivity contribution < 1.29 is 17.4 Å². The average Bonchev–Trinajstić information content (AvgIpc) is 2.04. The van der Waals surface area contributed by atoms with Crippen molar-refractivity contribution >= 4 is 17.4 Å². The van der Waals surface area contributed by atoms with Gasteiger partial charge in [0.15, 0.2) is 0 Å². The van der Waals surface area contributed by atoms with E-state index >= 15 is 0 Å². The van der Waals surface area contributed by atoms with E-state index in [1.54, 1.807) is 21.3 Å². The molecule has 6 heteroatoms. The molecule has 0 aliphatic rings. The number of rotatable bonds is 5. The van der Waals surface area contributed by atoms with Crippen LogP contribution in [0.1, 0.15) is 37.1 Å². The van der Waals surface area contributed by atoms with Crippen molar-refractivity contribution in [3.8, 4) is 0 Å². The van der Waals surface area contributed by atoms with Crippen molar-refractivity contribution in [2.45, 2.75) is 56.8 Å². The first-order valence-corrected chi connectivity index (χ1v) is 8.79. The maximum atomic E-state index is 5.68. The minimum atomic E-state index is -2.42. The zero-order chi connectivity index (χ0) is 9.83. The van der Waals surface area contributed by atoms with E-state index in [0.717, 1.165) is 0 Å². The van der Waals surface area contributed by atoms with Crippen molar-refractivity contribution in [1.29, 1.82) is 0 Å². The molecule has 17 heavy (non-hydrogen) atoms. The molecule has 114 valence electrons. The fraction of sp³-hybridized carbons (Fsp3) is 1.00. The fourth-order valence-electron chi connectivity index (χ4n) is 0.655. The molecule has 0 saturated carbocycles. The van der Waals surface area contributed by atoms with Crippen LogP contribution in [0.15, 0.2) is 0 Å². The zero-order valence-corrected chi connectivity index (χ0v) is 10.6. The van der Waals surface area contributed by atoms with Crippen LogP contribution in [0.5, 0.6) is 0 Å². The molecule has 0 aliphatic carbocycles. The Balaban J connectivity index is -0.0000000605. The first-order valence-electron chi connectivity index (χ1n) is 3.75. The van der Waals surface area contributed by atoms with Crippen LogP contribution in [0.3, 0.4) is 0 Å².